The summed E-state index contributed by atoms with van der Waals surface area (Å²) in [6, 6.07) is -0.434. The van der Waals surface area contributed by atoms with Crippen molar-refractivity contribution in [2.45, 2.75) is 57.9 Å². The van der Waals surface area contributed by atoms with Gasteiger partial charge in [-0.25, -0.2) is 0 Å². The predicted octanol–water partition coefficient (Wildman–Crippen LogP) is 2.48. The van der Waals surface area contributed by atoms with Crippen LogP contribution in [0.3, 0.4) is 0 Å². The molecule has 0 radical (unpaired) electrons. The second kappa shape index (κ2) is 6.89. The van der Waals surface area contributed by atoms with Crippen molar-refractivity contribution in [1.29, 1.82) is 0 Å². The molecule has 1 fully saturated rings. The molecule has 2 N–H and O–H groups in total. The van der Waals surface area contributed by atoms with E-state index in [0.29, 0.717) is 5.92 Å². The Labute approximate surface area is 98.7 Å². The molecule has 94 valence electrons. The lowest BCUT2D eigenvalue weighted by Crippen LogP contribution is -2.31. The molecule has 3 heteroatoms. The van der Waals surface area contributed by atoms with Crippen LogP contribution in [0.25, 0.3) is 0 Å². The first-order chi connectivity index (χ1) is 7.63. The second-order valence-electron chi connectivity index (χ2n) is 5.20. The minimum atomic E-state index is -0.434. The summed E-state index contributed by atoms with van der Waals surface area (Å²) in [7, 11) is 1.39. The Morgan fingerprint density at radius 3 is 2.56 bits per heavy atom. The van der Waals surface area contributed by atoms with Crippen LogP contribution in [-0.4, -0.2) is 19.1 Å². The zero-order valence-corrected chi connectivity index (χ0v) is 10.6. The van der Waals surface area contributed by atoms with Gasteiger partial charge in [0, 0.05) is 0 Å². The molecule has 0 amide bonds. The molecule has 1 saturated carbocycles. The molecule has 1 rings (SSSR count). The van der Waals surface area contributed by atoms with Gasteiger partial charge in [0.15, 0.2) is 0 Å². The maximum absolute atomic E-state index is 11.1. The lowest BCUT2D eigenvalue weighted by atomic mass is 9.90. The summed E-state index contributed by atoms with van der Waals surface area (Å²) >= 11 is 0. The highest BCUT2D eigenvalue weighted by Crippen LogP contribution is 2.31. The van der Waals surface area contributed by atoms with Gasteiger partial charge in [-0.05, 0) is 31.1 Å². The number of hydrogen-bond acceptors (Lipinski definition) is 3. The summed E-state index contributed by atoms with van der Waals surface area (Å²) in [5, 5.41) is 0. The molecule has 0 saturated heterocycles. The first-order valence-corrected chi connectivity index (χ1v) is 6.47. The molecule has 1 aliphatic carbocycles. The normalized spacial score (nSPS) is 20.7. The number of nitrogens with two attached hydrogens (primary N) is 1. The number of ether oxygens (including phenoxy) is 1. The Hall–Kier alpha value is -0.570. The highest BCUT2D eigenvalue weighted by Gasteiger charge is 2.19. The number of hydrogen-bond donors (Lipinski definition) is 1. The number of methoxy groups -OCH3 is 1. The summed E-state index contributed by atoms with van der Waals surface area (Å²) in [6.07, 6.45) is 8.68. The predicted molar refractivity (Wildman–Crippen MR) is 65.0 cm³/mol. The van der Waals surface area contributed by atoms with E-state index in [1.54, 1.807) is 0 Å². The Balaban J connectivity index is 2.13. The maximum Gasteiger partial charge on any atom is 0.322 e. The smallest absolute Gasteiger partial charge is 0.322 e. The van der Waals surface area contributed by atoms with Crippen molar-refractivity contribution in [1.82, 2.24) is 0 Å². The summed E-state index contributed by atoms with van der Waals surface area (Å²) < 4.78 is 4.61. The van der Waals surface area contributed by atoms with Gasteiger partial charge >= 0.3 is 5.97 Å². The van der Waals surface area contributed by atoms with Crippen molar-refractivity contribution in [2.24, 2.45) is 17.6 Å². The van der Waals surface area contributed by atoms with E-state index in [4.69, 9.17) is 5.73 Å². The molecule has 0 spiro atoms. The first kappa shape index (κ1) is 13.5. The topological polar surface area (TPSA) is 52.3 Å². The van der Waals surface area contributed by atoms with Gasteiger partial charge in [-0.2, -0.15) is 0 Å². The Bertz CT molecular complexity index is 212. The summed E-state index contributed by atoms with van der Waals surface area (Å²) in [6.45, 7) is 2.27. The van der Waals surface area contributed by atoms with Crippen LogP contribution >= 0.6 is 0 Å². The zero-order valence-electron chi connectivity index (χ0n) is 10.6. The van der Waals surface area contributed by atoms with Gasteiger partial charge in [-0.15, -0.1) is 0 Å². The van der Waals surface area contributed by atoms with Crippen molar-refractivity contribution in [2.75, 3.05) is 7.11 Å². The van der Waals surface area contributed by atoms with E-state index >= 15 is 0 Å². The third-order valence-corrected chi connectivity index (χ3v) is 3.68. The third kappa shape index (κ3) is 4.52. The minimum Gasteiger partial charge on any atom is -0.468 e. The van der Waals surface area contributed by atoms with Gasteiger partial charge in [0.25, 0.3) is 0 Å². The van der Waals surface area contributed by atoms with Crippen molar-refractivity contribution in [3.05, 3.63) is 0 Å². The molecule has 1 aliphatic rings. The van der Waals surface area contributed by atoms with Gasteiger partial charge in [0.05, 0.1) is 7.11 Å². The van der Waals surface area contributed by atoms with Crippen LogP contribution in [0.4, 0.5) is 0 Å². The minimum absolute atomic E-state index is 0.284. The van der Waals surface area contributed by atoms with Gasteiger partial charge in [-0.1, -0.05) is 32.6 Å². The van der Waals surface area contributed by atoms with Crippen LogP contribution in [0.15, 0.2) is 0 Å². The van der Waals surface area contributed by atoms with Crippen LogP contribution in [0.1, 0.15) is 51.9 Å². The zero-order chi connectivity index (χ0) is 12.0. The summed E-state index contributed by atoms with van der Waals surface area (Å²) in [4.78, 5) is 11.1. The Morgan fingerprint density at radius 2 is 2.00 bits per heavy atom. The van der Waals surface area contributed by atoms with Crippen molar-refractivity contribution < 1.29 is 9.53 Å². The van der Waals surface area contributed by atoms with E-state index in [9.17, 15) is 4.79 Å². The monoisotopic (exact) mass is 227 g/mol. The Kier molecular flexibility index (Phi) is 5.81. The molecule has 0 aromatic carbocycles. The molecule has 0 aromatic rings. The van der Waals surface area contributed by atoms with Gasteiger partial charge in [0.2, 0.25) is 0 Å². The van der Waals surface area contributed by atoms with Crippen LogP contribution in [0.2, 0.25) is 0 Å². The fourth-order valence-electron chi connectivity index (χ4n) is 2.67. The van der Waals surface area contributed by atoms with E-state index in [1.807, 2.05) is 0 Å². The molecular weight excluding hydrogens is 202 g/mol. The first-order valence-electron chi connectivity index (χ1n) is 6.47. The fourth-order valence-corrected chi connectivity index (χ4v) is 2.67. The molecule has 2 atom stereocenters. The van der Waals surface area contributed by atoms with Crippen molar-refractivity contribution in [3.8, 4) is 0 Å². The molecule has 16 heavy (non-hydrogen) atoms. The molecular formula is C13H25NO2. The fraction of sp³-hybridized carbons (Fsp3) is 0.923. The highest BCUT2D eigenvalue weighted by molar-refractivity contribution is 5.75. The van der Waals surface area contributed by atoms with E-state index in [1.165, 1.54) is 39.2 Å². The number of esters is 1. The molecule has 0 bridgehead atoms. The molecule has 3 nitrogen and oxygen atoms in total. The lowest BCUT2D eigenvalue weighted by molar-refractivity contribution is -0.142. The summed E-state index contributed by atoms with van der Waals surface area (Å²) in [5.41, 5.74) is 5.71. The average molecular weight is 227 g/mol. The van der Waals surface area contributed by atoms with E-state index in [-0.39, 0.29) is 5.97 Å². The van der Waals surface area contributed by atoms with E-state index in [0.717, 1.165) is 18.8 Å². The van der Waals surface area contributed by atoms with Crippen molar-refractivity contribution >= 4 is 5.97 Å². The van der Waals surface area contributed by atoms with Crippen LogP contribution in [-0.2, 0) is 9.53 Å². The maximum atomic E-state index is 11.1. The Morgan fingerprint density at radius 1 is 1.38 bits per heavy atom. The van der Waals surface area contributed by atoms with Crippen LogP contribution < -0.4 is 5.73 Å². The number of carbonyl (C=O) groups excluding carboxylic acids is 1. The SMILES string of the molecule is COC(=O)C(N)CCC(C)CC1CCCC1. The third-order valence-electron chi connectivity index (χ3n) is 3.68. The molecule has 0 heterocycles. The van der Waals surface area contributed by atoms with Crippen molar-refractivity contribution in [3.63, 3.8) is 0 Å². The number of carbonyl (C=O) groups is 1. The molecule has 2 unspecified atom stereocenters. The highest BCUT2D eigenvalue weighted by atomic mass is 16.5. The summed E-state index contributed by atoms with van der Waals surface area (Å²) in [5.74, 6) is 1.32. The largest absolute Gasteiger partial charge is 0.468 e. The van der Waals surface area contributed by atoms with E-state index in [2.05, 4.69) is 11.7 Å². The second-order valence-corrected chi connectivity index (χ2v) is 5.20. The van der Waals surface area contributed by atoms with Crippen LogP contribution in [0.5, 0.6) is 0 Å². The van der Waals surface area contributed by atoms with Gasteiger partial charge < -0.3 is 10.5 Å². The van der Waals surface area contributed by atoms with Gasteiger partial charge in [0.1, 0.15) is 6.04 Å². The van der Waals surface area contributed by atoms with Gasteiger partial charge in [-0.3, -0.25) is 4.79 Å². The van der Waals surface area contributed by atoms with E-state index < -0.39 is 6.04 Å². The molecule has 0 aliphatic heterocycles. The quantitative estimate of drug-likeness (QED) is 0.709. The standard InChI is InChI=1S/C13H25NO2/c1-10(9-11-5-3-4-6-11)7-8-12(14)13(15)16-2/h10-12H,3-9,14H2,1-2H3. The average Bonchev–Trinajstić information content (AvgIpc) is 2.77. The lowest BCUT2D eigenvalue weighted by Gasteiger charge is -2.17. The number of rotatable bonds is 6. The molecule has 0 aromatic heterocycles. The van der Waals surface area contributed by atoms with Crippen LogP contribution in [0, 0.1) is 11.8 Å².